The molecule has 0 atom stereocenters. The highest BCUT2D eigenvalue weighted by molar-refractivity contribution is 14.1. The van der Waals surface area contributed by atoms with E-state index in [2.05, 4.69) is 15.9 Å². The van der Waals surface area contributed by atoms with Crippen LogP contribution in [-0.4, -0.2) is 4.92 Å². The van der Waals surface area contributed by atoms with Gasteiger partial charge < -0.3 is 0 Å². The third-order valence-corrected chi connectivity index (χ3v) is 4.92. The van der Waals surface area contributed by atoms with Crippen LogP contribution < -0.4 is 0 Å². The molecule has 0 aliphatic carbocycles. The van der Waals surface area contributed by atoms with Crippen molar-refractivity contribution in [2.75, 3.05) is 0 Å². The lowest BCUT2D eigenvalue weighted by Crippen LogP contribution is -1.93. The smallest absolute Gasteiger partial charge is 0.258 e. The summed E-state index contributed by atoms with van der Waals surface area (Å²) in [6.07, 6.45) is 0. The molecule has 0 saturated carbocycles. The van der Waals surface area contributed by atoms with Crippen molar-refractivity contribution in [3.05, 3.63) is 34.3 Å². The SMILES string of the molecule is O=[N+]([O-])c1cc(Cl)c(Cl)c(Br)c1I. The van der Waals surface area contributed by atoms with Crippen LogP contribution in [0.3, 0.4) is 0 Å². The van der Waals surface area contributed by atoms with Crippen molar-refractivity contribution >= 4 is 67.4 Å². The highest BCUT2D eigenvalue weighted by Crippen LogP contribution is 2.39. The number of halogens is 4. The van der Waals surface area contributed by atoms with Crippen LogP contribution in [0.25, 0.3) is 0 Å². The summed E-state index contributed by atoms with van der Waals surface area (Å²) >= 11 is 16.4. The molecule has 0 saturated heterocycles. The van der Waals surface area contributed by atoms with Gasteiger partial charge in [-0.1, -0.05) is 23.2 Å². The molecule has 0 heterocycles. The Hall–Kier alpha value is 0.410. The monoisotopic (exact) mass is 395 g/mol. The summed E-state index contributed by atoms with van der Waals surface area (Å²) in [7, 11) is 0. The second-order valence-corrected chi connectivity index (χ2v) is 4.73. The van der Waals surface area contributed by atoms with Gasteiger partial charge >= 0.3 is 0 Å². The van der Waals surface area contributed by atoms with E-state index in [1.165, 1.54) is 6.07 Å². The summed E-state index contributed by atoms with van der Waals surface area (Å²) in [5.41, 5.74) is -0.0538. The van der Waals surface area contributed by atoms with Crippen LogP contribution in [-0.2, 0) is 0 Å². The summed E-state index contributed by atoms with van der Waals surface area (Å²) in [5, 5.41) is 11.0. The van der Waals surface area contributed by atoms with Crippen molar-refractivity contribution in [1.82, 2.24) is 0 Å². The van der Waals surface area contributed by atoms with Crippen molar-refractivity contribution in [1.29, 1.82) is 0 Å². The summed E-state index contributed by atoms with van der Waals surface area (Å²) in [6, 6.07) is 1.23. The minimum atomic E-state index is -0.505. The molecule has 0 radical (unpaired) electrons. The molecule has 0 fully saturated rings. The van der Waals surface area contributed by atoms with Crippen LogP contribution in [0.15, 0.2) is 10.5 Å². The second kappa shape index (κ2) is 4.29. The molecule has 0 bridgehead atoms. The van der Waals surface area contributed by atoms with Gasteiger partial charge in [-0.15, -0.1) is 0 Å². The Labute approximate surface area is 106 Å². The summed E-state index contributed by atoms with van der Waals surface area (Å²) < 4.78 is 0.894. The molecule has 0 N–H and O–H groups in total. The molecule has 3 nitrogen and oxygen atoms in total. The highest BCUT2D eigenvalue weighted by Gasteiger charge is 2.19. The van der Waals surface area contributed by atoms with E-state index < -0.39 is 4.92 Å². The van der Waals surface area contributed by atoms with E-state index in [4.69, 9.17) is 23.2 Å². The van der Waals surface area contributed by atoms with Gasteiger partial charge in [0.15, 0.2) is 0 Å². The molecule has 0 aliphatic rings. The largest absolute Gasteiger partial charge is 0.285 e. The van der Waals surface area contributed by atoms with Gasteiger partial charge in [-0.25, -0.2) is 0 Å². The normalized spacial score (nSPS) is 10.2. The zero-order valence-electron chi connectivity index (χ0n) is 5.85. The Balaban J connectivity index is 3.50. The van der Waals surface area contributed by atoms with E-state index in [-0.39, 0.29) is 15.7 Å². The van der Waals surface area contributed by atoms with E-state index >= 15 is 0 Å². The average molecular weight is 397 g/mol. The standard InChI is InChI=1S/C6HBrCl2INO2/c7-4-5(9)2(8)1-3(6(4)10)11(12)13/h1H. The number of hydrogen-bond acceptors (Lipinski definition) is 2. The number of benzene rings is 1. The van der Waals surface area contributed by atoms with Gasteiger partial charge in [0.1, 0.15) is 3.57 Å². The molecule has 0 amide bonds. The van der Waals surface area contributed by atoms with Crippen LogP contribution in [0.5, 0.6) is 0 Å². The topological polar surface area (TPSA) is 43.1 Å². The molecule has 70 valence electrons. The molecule has 1 aromatic rings. The maximum atomic E-state index is 10.5. The molecular weight excluding hydrogens is 396 g/mol. The Morgan fingerprint density at radius 2 is 2.08 bits per heavy atom. The molecular formula is C6HBrCl2INO2. The molecule has 7 heteroatoms. The van der Waals surface area contributed by atoms with E-state index in [1.54, 1.807) is 0 Å². The van der Waals surface area contributed by atoms with Gasteiger partial charge in [0.2, 0.25) is 0 Å². The van der Waals surface area contributed by atoms with Gasteiger partial charge in [0.25, 0.3) is 5.69 Å². The van der Waals surface area contributed by atoms with Crippen LogP contribution in [0.1, 0.15) is 0 Å². The lowest BCUT2D eigenvalue weighted by molar-refractivity contribution is -0.385. The van der Waals surface area contributed by atoms with Crippen molar-refractivity contribution < 1.29 is 4.92 Å². The van der Waals surface area contributed by atoms with E-state index in [9.17, 15) is 10.1 Å². The van der Waals surface area contributed by atoms with Crippen LogP contribution >= 0.6 is 61.7 Å². The highest BCUT2D eigenvalue weighted by atomic mass is 127. The molecule has 1 rings (SSSR count). The van der Waals surface area contributed by atoms with Crippen LogP contribution in [0.2, 0.25) is 10.0 Å². The van der Waals surface area contributed by atoms with Gasteiger partial charge in [-0.3, -0.25) is 10.1 Å². The molecule has 1 aromatic carbocycles. The van der Waals surface area contributed by atoms with Crippen LogP contribution in [0, 0.1) is 13.7 Å². The third-order valence-electron chi connectivity index (χ3n) is 1.28. The first-order chi connectivity index (χ1) is 5.95. The van der Waals surface area contributed by atoms with Crippen LogP contribution in [0.4, 0.5) is 5.69 Å². The minimum absolute atomic E-state index is 0.0538. The third kappa shape index (κ3) is 2.26. The summed E-state index contributed by atoms with van der Waals surface area (Å²) in [5.74, 6) is 0. The quantitative estimate of drug-likeness (QED) is 0.234. The maximum Gasteiger partial charge on any atom is 0.285 e. The number of nitro groups is 1. The Kier molecular flexibility index (Phi) is 3.79. The fraction of sp³-hybridized carbons (Fsp3) is 0. The maximum absolute atomic E-state index is 10.5. The van der Waals surface area contributed by atoms with Crippen molar-refractivity contribution in [2.45, 2.75) is 0 Å². The molecule has 13 heavy (non-hydrogen) atoms. The van der Waals surface area contributed by atoms with Crippen molar-refractivity contribution in [2.24, 2.45) is 0 Å². The fourth-order valence-corrected chi connectivity index (χ4v) is 2.35. The zero-order valence-corrected chi connectivity index (χ0v) is 11.1. The predicted octanol–water partition coefficient (Wildman–Crippen LogP) is 4.27. The van der Waals surface area contributed by atoms with Gasteiger partial charge in [-0.05, 0) is 38.5 Å². The van der Waals surface area contributed by atoms with E-state index in [0.717, 1.165) is 0 Å². The van der Waals surface area contributed by atoms with E-state index in [0.29, 0.717) is 8.04 Å². The second-order valence-electron chi connectivity index (χ2n) is 2.08. The Morgan fingerprint density at radius 1 is 1.54 bits per heavy atom. The van der Waals surface area contributed by atoms with Gasteiger partial charge in [0, 0.05) is 6.07 Å². The van der Waals surface area contributed by atoms with Gasteiger partial charge in [-0.2, -0.15) is 0 Å². The molecule has 0 aliphatic heterocycles. The molecule has 0 unspecified atom stereocenters. The first-order valence-electron chi connectivity index (χ1n) is 2.92. The Morgan fingerprint density at radius 3 is 2.54 bits per heavy atom. The summed E-state index contributed by atoms with van der Waals surface area (Å²) in [6.45, 7) is 0. The van der Waals surface area contributed by atoms with Crippen molar-refractivity contribution in [3.8, 4) is 0 Å². The average Bonchev–Trinajstić information content (AvgIpc) is 2.07. The minimum Gasteiger partial charge on any atom is -0.258 e. The predicted molar refractivity (Wildman–Crippen MR) is 63.5 cm³/mol. The molecule has 0 spiro atoms. The van der Waals surface area contributed by atoms with E-state index in [1.807, 2.05) is 22.6 Å². The van der Waals surface area contributed by atoms with Crippen molar-refractivity contribution in [3.63, 3.8) is 0 Å². The number of rotatable bonds is 1. The fourth-order valence-electron chi connectivity index (χ4n) is 0.693. The lowest BCUT2D eigenvalue weighted by Gasteiger charge is -2.02. The summed E-state index contributed by atoms with van der Waals surface area (Å²) in [4.78, 5) is 10.0. The number of nitro benzene ring substituents is 1. The first kappa shape index (κ1) is 11.5. The molecule has 0 aromatic heterocycles. The van der Waals surface area contributed by atoms with Gasteiger partial charge in [0.05, 0.1) is 19.4 Å². The number of hydrogen-bond donors (Lipinski definition) is 0. The zero-order chi connectivity index (χ0) is 10.2. The lowest BCUT2D eigenvalue weighted by atomic mass is 10.3. The first-order valence-corrected chi connectivity index (χ1v) is 5.55. The number of nitrogens with zero attached hydrogens (tertiary/aromatic N) is 1. The Bertz CT molecular complexity index is 385.